The molecule has 0 radical (unpaired) electrons. The summed E-state index contributed by atoms with van der Waals surface area (Å²) >= 11 is 0. The third-order valence-electron chi connectivity index (χ3n) is 4.64. The number of carbonyl (C=O) groups is 1. The van der Waals surface area contributed by atoms with Crippen LogP contribution in [0.2, 0.25) is 0 Å². The highest BCUT2D eigenvalue weighted by Gasteiger charge is 2.44. The minimum Gasteiger partial charge on any atom is -0.467 e. The van der Waals surface area contributed by atoms with E-state index in [-0.39, 0.29) is 6.10 Å². The van der Waals surface area contributed by atoms with Gasteiger partial charge in [0.25, 0.3) is 0 Å². The Labute approximate surface area is 157 Å². The average Bonchev–Trinajstić information content (AvgIpc) is 2.73. The molecule has 2 aromatic rings. The Hall–Kier alpha value is -3.28. The second-order valence-electron chi connectivity index (χ2n) is 6.37. The zero-order chi connectivity index (χ0) is 18.6. The van der Waals surface area contributed by atoms with Gasteiger partial charge in [-0.1, -0.05) is 65.8 Å². The lowest BCUT2D eigenvalue weighted by Crippen LogP contribution is -2.49. The largest absolute Gasteiger partial charge is 0.467 e. The molecule has 6 heteroatoms. The van der Waals surface area contributed by atoms with E-state index in [0.29, 0.717) is 12.3 Å². The lowest BCUT2D eigenvalue weighted by molar-refractivity contribution is -0.0855. The number of benzene rings is 2. The van der Waals surface area contributed by atoms with Crippen LogP contribution in [0.1, 0.15) is 17.2 Å². The number of amides is 1. The van der Waals surface area contributed by atoms with Gasteiger partial charge in [-0.15, -0.1) is 0 Å². The van der Waals surface area contributed by atoms with Crippen LogP contribution in [-0.2, 0) is 20.7 Å². The fourth-order valence-electron chi connectivity index (χ4n) is 3.36. The molecule has 2 aliphatic heterocycles. The summed E-state index contributed by atoms with van der Waals surface area (Å²) in [5.41, 5.74) is 2.02. The first-order valence-corrected chi connectivity index (χ1v) is 8.79. The molecule has 0 saturated heterocycles. The van der Waals surface area contributed by atoms with Crippen molar-refractivity contribution in [3.63, 3.8) is 0 Å². The van der Waals surface area contributed by atoms with Gasteiger partial charge in [0, 0.05) is 6.20 Å². The number of hydrogen-bond donors (Lipinski definition) is 0. The molecular weight excluding hydrogens is 344 g/mol. The van der Waals surface area contributed by atoms with E-state index in [2.05, 4.69) is 5.16 Å². The number of rotatable bonds is 3. The molecular formula is C21H20N2O4. The average molecular weight is 364 g/mol. The summed E-state index contributed by atoms with van der Waals surface area (Å²) in [5.74, 6) is 0.519. The van der Waals surface area contributed by atoms with Gasteiger partial charge in [-0.2, -0.15) is 0 Å². The SMILES string of the molecule is COC(=O)N1C=C[C@H]2OC(Cc3ccccc3)=NO[C@H]2[C@@H]1c1ccccc1. The second kappa shape index (κ2) is 7.53. The van der Waals surface area contributed by atoms with Crippen molar-refractivity contribution in [1.82, 2.24) is 4.90 Å². The molecule has 2 heterocycles. The highest BCUT2D eigenvalue weighted by Crippen LogP contribution is 2.36. The van der Waals surface area contributed by atoms with Crippen LogP contribution in [0.5, 0.6) is 0 Å². The molecule has 0 fully saturated rings. The fraction of sp³-hybridized carbons (Fsp3) is 0.238. The van der Waals surface area contributed by atoms with Crippen LogP contribution in [-0.4, -0.2) is 36.2 Å². The molecule has 0 spiro atoms. The number of methoxy groups -OCH3 is 1. The summed E-state index contributed by atoms with van der Waals surface area (Å²) in [4.78, 5) is 19.6. The maximum absolute atomic E-state index is 12.3. The highest BCUT2D eigenvalue weighted by atomic mass is 16.7. The molecule has 0 saturated carbocycles. The van der Waals surface area contributed by atoms with Crippen LogP contribution in [0.4, 0.5) is 4.79 Å². The summed E-state index contributed by atoms with van der Waals surface area (Å²) < 4.78 is 11.0. The lowest BCUT2D eigenvalue weighted by Gasteiger charge is -2.41. The van der Waals surface area contributed by atoms with E-state index < -0.39 is 18.2 Å². The van der Waals surface area contributed by atoms with E-state index >= 15 is 0 Å². The second-order valence-corrected chi connectivity index (χ2v) is 6.37. The van der Waals surface area contributed by atoms with Crippen LogP contribution in [0, 0.1) is 0 Å². The molecule has 27 heavy (non-hydrogen) atoms. The van der Waals surface area contributed by atoms with Crippen molar-refractivity contribution < 1.29 is 19.1 Å². The van der Waals surface area contributed by atoms with Crippen molar-refractivity contribution >= 4 is 12.0 Å². The molecule has 2 aromatic carbocycles. The number of nitrogens with zero attached hydrogens (tertiary/aromatic N) is 2. The third-order valence-corrected chi connectivity index (χ3v) is 4.64. The quantitative estimate of drug-likeness (QED) is 0.834. The molecule has 0 bridgehead atoms. The van der Waals surface area contributed by atoms with Crippen LogP contribution in [0.3, 0.4) is 0 Å². The van der Waals surface area contributed by atoms with Gasteiger partial charge in [0.05, 0.1) is 13.5 Å². The first kappa shape index (κ1) is 17.1. The highest BCUT2D eigenvalue weighted by molar-refractivity contribution is 5.79. The van der Waals surface area contributed by atoms with Crippen molar-refractivity contribution in [2.75, 3.05) is 7.11 Å². The first-order valence-electron chi connectivity index (χ1n) is 8.79. The normalized spacial score (nSPS) is 23.5. The Morgan fingerprint density at radius 2 is 1.81 bits per heavy atom. The lowest BCUT2D eigenvalue weighted by atomic mass is 9.93. The van der Waals surface area contributed by atoms with Gasteiger partial charge >= 0.3 is 6.09 Å². The summed E-state index contributed by atoms with van der Waals surface area (Å²) in [7, 11) is 1.36. The Morgan fingerprint density at radius 3 is 2.52 bits per heavy atom. The van der Waals surface area contributed by atoms with Crippen molar-refractivity contribution in [2.24, 2.45) is 5.16 Å². The molecule has 4 rings (SSSR count). The molecule has 0 N–H and O–H groups in total. The monoisotopic (exact) mass is 364 g/mol. The fourth-order valence-corrected chi connectivity index (χ4v) is 3.36. The van der Waals surface area contributed by atoms with E-state index in [4.69, 9.17) is 14.3 Å². The summed E-state index contributed by atoms with van der Waals surface area (Å²) in [6, 6.07) is 19.2. The van der Waals surface area contributed by atoms with Crippen LogP contribution < -0.4 is 0 Å². The predicted octanol–water partition coefficient (Wildman–Crippen LogP) is 3.66. The molecule has 138 valence electrons. The minimum absolute atomic E-state index is 0.340. The van der Waals surface area contributed by atoms with Crippen LogP contribution >= 0.6 is 0 Å². The predicted molar refractivity (Wildman–Crippen MR) is 99.9 cm³/mol. The van der Waals surface area contributed by atoms with Gasteiger partial charge in [-0.25, -0.2) is 4.79 Å². The Bertz CT molecular complexity index is 851. The molecule has 6 nitrogen and oxygen atoms in total. The van der Waals surface area contributed by atoms with E-state index in [1.807, 2.05) is 60.7 Å². The summed E-state index contributed by atoms with van der Waals surface area (Å²) in [5, 5.41) is 4.19. The van der Waals surface area contributed by atoms with E-state index in [1.165, 1.54) is 12.0 Å². The van der Waals surface area contributed by atoms with Crippen molar-refractivity contribution in [1.29, 1.82) is 0 Å². The number of carbonyl (C=O) groups excluding carboxylic acids is 1. The smallest absolute Gasteiger partial charge is 0.414 e. The first-order chi connectivity index (χ1) is 13.3. The van der Waals surface area contributed by atoms with Gasteiger partial charge in [-0.05, 0) is 17.2 Å². The number of fused-ring (bicyclic) bond motifs is 1. The third kappa shape index (κ3) is 3.51. The number of oxime groups is 1. The number of ether oxygens (including phenoxy) is 2. The molecule has 1 amide bonds. The molecule has 0 aromatic heterocycles. The number of hydrogen-bond acceptors (Lipinski definition) is 5. The maximum atomic E-state index is 12.3. The van der Waals surface area contributed by atoms with Gasteiger partial charge < -0.3 is 14.3 Å². The Kier molecular flexibility index (Phi) is 4.78. The van der Waals surface area contributed by atoms with Crippen molar-refractivity contribution in [3.05, 3.63) is 84.1 Å². The Morgan fingerprint density at radius 1 is 1.11 bits per heavy atom. The summed E-state index contributed by atoms with van der Waals surface area (Å²) in [6.45, 7) is 0. The van der Waals surface area contributed by atoms with Crippen molar-refractivity contribution in [3.8, 4) is 0 Å². The van der Waals surface area contributed by atoms with Crippen LogP contribution in [0.25, 0.3) is 0 Å². The van der Waals surface area contributed by atoms with Gasteiger partial charge in [-0.3, -0.25) is 4.90 Å². The zero-order valence-electron chi connectivity index (χ0n) is 14.9. The maximum Gasteiger partial charge on any atom is 0.414 e. The standard InChI is InChI=1S/C21H20N2O4/c1-25-21(24)23-13-12-17-20(19(23)16-10-6-3-7-11-16)27-22-18(26-17)14-15-8-4-2-5-9-15/h2-13,17,19-20H,14H2,1H3/t17-,19+,20-/m1/s1. The zero-order valence-corrected chi connectivity index (χ0v) is 14.9. The minimum atomic E-state index is -0.462. The van der Waals surface area contributed by atoms with E-state index in [0.717, 1.165) is 11.1 Å². The van der Waals surface area contributed by atoms with E-state index in [1.54, 1.807) is 12.3 Å². The van der Waals surface area contributed by atoms with Gasteiger partial charge in [0.1, 0.15) is 6.04 Å². The summed E-state index contributed by atoms with van der Waals surface area (Å²) in [6.07, 6.45) is 2.79. The topological polar surface area (TPSA) is 60.4 Å². The molecule has 2 aliphatic rings. The molecule has 3 atom stereocenters. The Balaban J connectivity index is 1.60. The van der Waals surface area contributed by atoms with Crippen molar-refractivity contribution in [2.45, 2.75) is 24.7 Å². The van der Waals surface area contributed by atoms with Gasteiger partial charge in [0.15, 0.2) is 12.2 Å². The molecule has 0 aliphatic carbocycles. The van der Waals surface area contributed by atoms with Crippen LogP contribution in [0.15, 0.2) is 78.1 Å². The van der Waals surface area contributed by atoms with Gasteiger partial charge in [0.2, 0.25) is 5.90 Å². The van der Waals surface area contributed by atoms with E-state index in [9.17, 15) is 4.79 Å². The molecule has 0 unspecified atom stereocenters.